The van der Waals surface area contributed by atoms with Crippen LogP contribution in [-0.4, -0.2) is 31.9 Å². The van der Waals surface area contributed by atoms with E-state index in [0.29, 0.717) is 36.2 Å². The third-order valence-corrected chi connectivity index (χ3v) is 6.23. The van der Waals surface area contributed by atoms with Gasteiger partial charge in [-0.25, -0.2) is 14.4 Å². The lowest BCUT2D eigenvalue weighted by Gasteiger charge is -2.25. The van der Waals surface area contributed by atoms with Gasteiger partial charge >= 0.3 is 0 Å². The van der Waals surface area contributed by atoms with Gasteiger partial charge in [0.25, 0.3) is 5.91 Å². The van der Waals surface area contributed by atoms with E-state index >= 15 is 0 Å². The zero-order valence-corrected chi connectivity index (χ0v) is 18.6. The summed E-state index contributed by atoms with van der Waals surface area (Å²) in [5.41, 5.74) is 2.68. The molecule has 0 atom stereocenters. The van der Waals surface area contributed by atoms with Gasteiger partial charge in [-0.2, -0.15) is 0 Å². The van der Waals surface area contributed by atoms with Gasteiger partial charge < -0.3 is 9.47 Å². The second kappa shape index (κ2) is 9.16. The molecule has 2 heterocycles. The molecule has 31 heavy (non-hydrogen) atoms. The lowest BCUT2D eigenvalue weighted by Crippen LogP contribution is -2.33. The van der Waals surface area contributed by atoms with Gasteiger partial charge in [-0.1, -0.05) is 32.8 Å². The zero-order valence-electron chi connectivity index (χ0n) is 18.6. The van der Waals surface area contributed by atoms with Crippen LogP contribution in [0.2, 0.25) is 0 Å². The summed E-state index contributed by atoms with van der Waals surface area (Å²) in [5.74, 6) is 0.820. The van der Waals surface area contributed by atoms with Crippen molar-refractivity contribution in [3.63, 3.8) is 0 Å². The minimum Gasteiger partial charge on any atom is -0.331 e. The smallest absolute Gasteiger partial charge is 0.254 e. The van der Waals surface area contributed by atoms with Gasteiger partial charge in [-0.3, -0.25) is 4.79 Å². The third kappa shape index (κ3) is 4.63. The molecule has 1 aromatic carbocycles. The number of nitrogens with zero attached hydrogens (tertiary/aromatic N) is 4. The van der Waals surface area contributed by atoms with Crippen LogP contribution in [-0.2, 0) is 6.54 Å². The van der Waals surface area contributed by atoms with Crippen molar-refractivity contribution >= 4 is 17.1 Å². The maximum absolute atomic E-state index is 14.2. The van der Waals surface area contributed by atoms with E-state index < -0.39 is 0 Å². The van der Waals surface area contributed by atoms with Gasteiger partial charge in [0.2, 0.25) is 0 Å². The van der Waals surface area contributed by atoms with Crippen LogP contribution in [0.4, 0.5) is 4.39 Å². The highest BCUT2D eigenvalue weighted by molar-refractivity contribution is 5.94. The largest absolute Gasteiger partial charge is 0.331 e. The van der Waals surface area contributed by atoms with Gasteiger partial charge in [0.15, 0.2) is 5.65 Å². The normalized spacial score (nSPS) is 14.6. The molecule has 1 aliphatic rings. The highest BCUT2D eigenvalue weighted by Crippen LogP contribution is 2.33. The van der Waals surface area contributed by atoms with E-state index in [4.69, 9.17) is 4.98 Å². The molecule has 0 N–H and O–H groups in total. The summed E-state index contributed by atoms with van der Waals surface area (Å²) in [5, 5.41) is 0. The summed E-state index contributed by atoms with van der Waals surface area (Å²) in [6, 6.07) is 8.98. The van der Waals surface area contributed by atoms with Gasteiger partial charge in [0.1, 0.15) is 17.2 Å². The first-order valence-corrected chi connectivity index (χ1v) is 11.3. The number of hydrogen-bond donors (Lipinski definition) is 0. The Hall–Kier alpha value is -2.76. The monoisotopic (exact) mass is 422 g/mol. The van der Waals surface area contributed by atoms with Crippen LogP contribution >= 0.6 is 0 Å². The molecule has 1 fully saturated rings. The Morgan fingerprint density at radius 1 is 1.26 bits per heavy atom. The van der Waals surface area contributed by atoms with Gasteiger partial charge in [-0.15, -0.1) is 0 Å². The molecule has 3 aromatic rings. The van der Waals surface area contributed by atoms with Crippen molar-refractivity contribution in [1.29, 1.82) is 0 Å². The molecule has 0 bridgehead atoms. The fourth-order valence-corrected chi connectivity index (χ4v) is 4.38. The Labute approximate surface area is 183 Å². The van der Waals surface area contributed by atoms with Crippen molar-refractivity contribution in [3.8, 4) is 0 Å². The van der Waals surface area contributed by atoms with Crippen LogP contribution in [0.15, 0.2) is 36.5 Å². The number of imidazole rings is 1. The SMILES string of the molecule is Cc1ccc(C(=O)N(CCC(C)C)Cc2nc3cccnc3n2C2CCCC2)cc1F. The average molecular weight is 423 g/mol. The van der Waals surface area contributed by atoms with E-state index in [1.165, 1.54) is 18.9 Å². The van der Waals surface area contributed by atoms with Gasteiger partial charge in [-0.05, 0) is 61.9 Å². The molecule has 5 nitrogen and oxygen atoms in total. The first kappa shape index (κ1) is 21.5. The summed E-state index contributed by atoms with van der Waals surface area (Å²) in [7, 11) is 0. The molecule has 0 radical (unpaired) electrons. The minimum atomic E-state index is -0.350. The zero-order chi connectivity index (χ0) is 22.0. The first-order chi connectivity index (χ1) is 14.9. The van der Waals surface area contributed by atoms with Crippen molar-refractivity contribution in [3.05, 3.63) is 59.3 Å². The van der Waals surface area contributed by atoms with Crippen LogP contribution in [0.1, 0.15) is 73.7 Å². The Morgan fingerprint density at radius 3 is 2.74 bits per heavy atom. The Bertz CT molecular complexity index is 1070. The second-order valence-corrected chi connectivity index (χ2v) is 9.06. The number of fused-ring (bicyclic) bond motifs is 1. The summed E-state index contributed by atoms with van der Waals surface area (Å²) in [4.78, 5) is 24.7. The molecule has 2 aromatic heterocycles. The quantitative estimate of drug-likeness (QED) is 0.492. The van der Waals surface area contributed by atoms with E-state index in [2.05, 4.69) is 23.4 Å². The molecular weight excluding hydrogens is 391 g/mol. The minimum absolute atomic E-state index is 0.155. The number of halogens is 1. The molecular formula is C25H31FN4O. The Kier molecular flexibility index (Phi) is 6.35. The van der Waals surface area contributed by atoms with Crippen LogP contribution < -0.4 is 0 Å². The van der Waals surface area contributed by atoms with E-state index in [1.54, 1.807) is 25.3 Å². The lowest BCUT2D eigenvalue weighted by molar-refractivity contribution is 0.0728. The molecule has 0 spiro atoms. The van der Waals surface area contributed by atoms with E-state index in [1.807, 2.05) is 17.0 Å². The number of aromatic nitrogens is 3. The predicted molar refractivity (Wildman–Crippen MR) is 120 cm³/mol. The molecule has 0 unspecified atom stereocenters. The number of carbonyl (C=O) groups is 1. The number of hydrogen-bond acceptors (Lipinski definition) is 3. The highest BCUT2D eigenvalue weighted by atomic mass is 19.1. The van der Waals surface area contributed by atoms with Crippen LogP contribution in [0.25, 0.3) is 11.2 Å². The summed E-state index contributed by atoms with van der Waals surface area (Å²) >= 11 is 0. The molecule has 0 aliphatic heterocycles. The summed E-state index contributed by atoms with van der Waals surface area (Å²) in [6.07, 6.45) is 7.30. The van der Waals surface area contributed by atoms with Crippen molar-refractivity contribution in [1.82, 2.24) is 19.4 Å². The lowest BCUT2D eigenvalue weighted by atomic mass is 10.1. The average Bonchev–Trinajstić information content (AvgIpc) is 3.39. The summed E-state index contributed by atoms with van der Waals surface area (Å²) < 4.78 is 16.4. The fraction of sp³-hybridized carbons (Fsp3) is 0.480. The van der Waals surface area contributed by atoms with Crippen molar-refractivity contribution in [2.45, 2.75) is 65.5 Å². The molecule has 1 saturated carbocycles. The third-order valence-electron chi connectivity index (χ3n) is 6.23. The number of pyridine rings is 1. The second-order valence-electron chi connectivity index (χ2n) is 9.06. The number of amides is 1. The van der Waals surface area contributed by atoms with E-state index in [-0.39, 0.29) is 11.7 Å². The molecule has 1 aliphatic carbocycles. The number of carbonyl (C=O) groups excluding carboxylic acids is 1. The molecule has 164 valence electrons. The van der Waals surface area contributed by atoms with E-state index in [9.17, 15) is 9.18 Å². The maximum Gasteiger partial charge on any atom is 0.254 e. The summed E-state index contributed by atoms with van der Waals surface area (Å²) in [6.45, 7) is 7.00. The fourth-order valence-electron chi connectivity index (χ4n) is 4.38. The van der Waals surface area contributed by atoms with E-state index in [0.717, 1.165) is 36.3 Å². The van der Waals surface area contributed by atoms with Crippen LogP contribution in [0.5, 0.6) is 0 Å². The Balaban J connectivity index is 1.69. The molecule has 1 amide bonds. The maximum atomic E-state index is 14.2. The first-order valence-electron chi connectivity index (χ1n) is 11.3. The van der Waals surface area contributed by atoms with Crippen molar-refractivity contribution < 1.29 is 9.18 Å². The number of rotatable bonds is 7. The van der Waals surface area contributed by atoms with Crippen LogP contribution in [0, 0.1) is 18.7 Å². The number of benzene rings is 1. The van der Waals surface area contributed by atoms with Crippen molar-refractivity contribution in [2.24, 2.45) is 5.92 Å². The predicted octanol–water partition coefficient (Wildman–Crippen LogP) is 5.68. The number of aryl methyl sites for hydroxylation is 1. The van der Waals surface area contributed by atoms with Crippen LogP contribution in [0.3, 0.4) is 0 Å². The topological polar surface area (TPSA) is 51.0 Å². The van der Waals surface area contributed by atoms with Gasteiger partial charge in [0, 0.05) is 24.3 Å². The Morgan fingerprint density at radius 2 is 2.03 bits per heavy atom. The molecule has 0 saturated heterocycles. The molecule has 6 heteroatoms. The van der Waals surface area contributed by atoms with Gasteiger partial charge in [0.05, 0.1) is 6.54 Å². The standard InChI is InChI=1S/C25H31FN4O/c1-17(2)12-14-29(25(31)19-11-10-18(3)21(26)15-19)16-23-28-22-9-6-13-27-24(22)30(23)20-7-4-5-8-20/h6,9-11,13,15,17,20H,4-5,7-8,12,14,16H2,1-3H3. The van der Waals surface area contributed by atoms with Crippen molar-refractivity contribution in [2.75, 3.05) is 6.54 Å². The molecule has 4 rings (SSSR count). The highest BCUT2D eigenvalue weighted by Gasteiger charge is 2.26.